The lowest BCUT2D eigenvalue weighted by atomic mass is 10.2. The van der Waals surface area contributed by atoms with Gasteiger partial charge in [-0.1, -0.05) is 23.3 Å². The molecular formula is C11H14ClN3O. The number of aromatic nitrogens is 2. The molecule has 0 unspecified atom stereocenters. The van der Waals surface area contributed by atoms with Gasteiger partial charge in [-0.15, -0.1) is 0 Å². The molecule has 0 radical (unpaired) electrons. The Hall–Kier alpha value is -1.29. The van der Waals surface area contributed by atoms with Crippen molar-refractivity contribution in [3.8, 4) is 0 Å². The normalized spacial score (nSPS) is 14.9. The molecule has 0 aromatic carbocycles. The second-order valence-corrected chi connectivity index (χ2v) is 4.24. The summed E-state index contributed by atoms with van der Waals surface area (Å²) < 4.78 is 0. The Morgan fingerprint density at radius 1 is 1.56 bits per heavy atom. The van der Waals surface area contributed by atoms with E-state index in [2.05, 4.69) is 21.6 Å². The molecule has 2 N–H and O–H groups in total. The molecule has 4 nitrogen and oxygen atoms in total. The molecule has 1 aromatic heterocycles. The molecule has 0 aliphatic heterocycles. The van der Waals surface area contributed by atoms with E-state index < -0.39 is 0 Å². The number of hydrogen-bond donors (Lipinski definition) is 2. The molecule has 1 heterocycles. The highest BCUT2D eigenvalue weighted by Crippen LogP contribution is 2.21. The van der Waals surface area contributed by atoms with Crippen molar-refractivity contribution in [2.45, 2.75) is 25.7 Å². The van der Waals surface area contributed by atoms with Gasteiger partial charge in [0.05, 0.1) is 11.9 Å². The first-order valence-electron chi connectivity index (χ1n) is 5.42. The van der Waals surface area contributed by atoms with Gasteiger partial charge in [-0.25, -0.2) is 5.10 Å². The summed E-state index contributed by atoms with van der Waals surface area (Å²) in [5, 5.41) is 9.28. The molecule has 0 atom stereocenters. The zero-order valence-electron chi connectivity index (χ0n) is 8.92. The summed E-state index contributed by atoms with van der Waals surface area (Å²) in [6, 6.07) is 0. The Morgan fingerprint density at radius 2 is 2.44 bits per heavy atom. The standard InChI is InChI=1S/C11H14ClN3O/c12-10-9(7-14-15-11(10)16)13-6-5-8-3-1-2-4-8/h3,7H,1-2,4-6H2,(H2,13,15,16). The van der Waals surface area contributed by atoms with Crippen LogP contribution < -0.4 is 10.9 Å². The number of nitrogens with zero attached hydrogens (tertiary/aromatic N) is 1. The minimum absolute atomic E-state index is 0.176. The fourth-order valence-electron chi connectivity index (χ4n) is 1.83. The third kappa shape index (κ3) is 2.64. The molecule has 16 heavy (non-hydrogen) atoms. The van der Waals surface area contributed by atoms with Gasteiger partial charge in [0.15, 0.2) is 0 Å². The van der Waals surface area contributed by atoms with E-state index in [1.165, 1.54) is 31.0 Å². The predicted molar refractivity (Wildman–Crippen MR) is 64.9 cm³/mol. The van der Waals surface area contributed by atoms with Gasteiger partial charge in [0.25, 0.3) is 5.56 Å². The number of hydrogen-bond acceptors (Lipinski definition) is 3. The number of rotatable bonds is 4. The summed E-state index contributed by atoms with van der Waals surface area (Å²) in [5.74, 6) is 0. The molecule has 1 aliphatic rings. The first-order valence-corrected chi connectivity index (χ1v) is 5.80. The molecule has 5 heteroatoms. The van der Waals surface area contributed by atoms with Gasteiger partial charge < -0.3 is 5.32 Å². The Bertz CT molecular complexity index is 453. The molecule has 1 aliphatic carbocycles. The van der Waals surface area contributed by atoms with Crippen LogP contribution in [0.2, 0.25) is 5.02 Å². The molecular weight excluding hydrogens is 226 g/mol. The highest BCUT2D eigenvalue weighted by atomic mass is 35.5. The number of nitrogens with one attached hydrogen (secondary N) is 2. The highest BCUT2D eigenvalue weighted by molar-refractivity contribution is 6.32. The Morgan fingerprint density at radius 3 is 3.19 bits per heavy atom. The van der Waals surface area contributed by atoms with Gasteiger partial charge in [-0.2, -0.15) is 5.10 Å². The van der Waals surface area contributed by atoms with Crippen LogP contribution >= 0.6 is 11.6 Å². The summed E-state index contributed by atoms with van der Waals surface area (Å²) in [6.45, 7) is 0.788. The van der Waals surface area contributed by atoms with Crippen LogP contribution in [0.3, 0.4) is 0 Å². The fraction of sp³-hybridized carbons (Fsp3) is 0.455. The Balaban J connectivity index is 1.89. The van der Waals surface area contributed by atoms with Crippen molar-refractivity contribution >= 4 is 17.3 Å². The SMILES string of the molecule is O=c1[nH]ncc(NCCC2=CCCC2)c1Cl. The molecule has 1 aromatic rings. The molecule has 0 bridgehead atoms. The fourth-order valence-corrected chi connectivity index (χ4v) is 1.99. The molecule has 0 saturated heterocycles. The summed E-state index contributed by atoms with van der Waals surface area (Å²) in [5.41, 5.74) is 1.73. The van der Waals surface area contributed by atoms with Crippen molar-refractivity contribution in [1.29, 1.82) is 0 Å². The maximum Gasteiger partial charge on any atom is 0.285 e. The van der Waals surface area contributed by atoms with Crippen LogP contribution in [0.5, 0.6) is 0 Å². The van der Waals surface area contributed by atoms with E-state index in [1.54, 1.807) is 0 Å². The summed E-state index contributed by atoms with van der Waals surface area (Å²) in [4.78, 5) is 11.2. The van der Waals surface area contributed by atoms with Gasteiger partial charge in [0.1, 0.15) is 5.02 Å². The number of aromatic amines is 1. The van der Waals surface area contributed by atoms with Crippen LogP contribution in [0.25, 0.3) is 0 Å². The van der Waals surface area contributed by atoms with Gasteiger partial charge in [-0.05, 0) is 25.7 Å². The van der Waals surface area contributed by atoms with Crippen molar-refractivity contribution in [2.24, 2.45) is 0 Å². The van der Waals surface area contributed by atoms with Crippen LogP contribution in [0.4, 0.5) is 5.69 Å². The molecule has 0 amide bonds. The predicted octanol–water partition coefficient (Wildman–Crippen LogP) is 2.34. The molecule has 0 saturated carbocycles. The number of allylic oxidation sites excluding steroid dienone is 1. The molecule has 2 rings (SSSR count). The van der Waals surface area contributed by atoms with E-state index in [0.29, 0.717) is 5.69 Å². The monoisotopic (exact) mass is 239 g/mol. The average molecular weight is 240 g/mol. The van der Waals surface area contributed by atoms with Crippen molar-refractivity contribution in [3.05, 3.63) is 33.2 Å². The third-order valence-corrected chi connectivity index (χ3v) is 3.07. The lowest BCUT2D eigenvalue weighted by Gasteiger charge is -2.07. The van der Waals surface area contributed by atoms with Gasteiger partial charge in [0, 0.05) is 6.54 Å². The van der Waals surface area contributed by atoms with E-state index >= 15 is 0 Å². The highest BCUT2D eigenvalue weighted by Gasteiger charge is 2.06. The number of anilines is 1. The molecule has 0 spiro atoms. The topological polar surface area (TPSA) is 57.8 Å². The van der Waals surface area contributed by atoms with Gasteiger partial charge in [-0.3, -0.25) is 4.79 Å². The van der Waals surface area contributed by atoms with E-state index in [0.717, 1.165) is 13.0 Å². The van der Waals surface area contributed by atoms with Crippen LogP contribution in [0.15, 0.2) is 22.6 Å². The van der Waals surface area contributed by atoms with Crippen LogP contribution in [-0.4, -0.2) is 16.7 Å². The van der Waals surface area contributed by atoms with E-state index in [4.69, 9.17) is 11.6 Å². The summed E-state index contributed by atoms with van der Waals surface area (Å²) in [6.07, 6.45) is 8.49. The largest absolute Gasteiger partial charge is 0.382 e. The lowest BCUT2D eigenvalue weighted by Crippen LogP contribution is -2.12. The van der Waals surface area contributed by atoms with E-state index in [9.17, 15) is 4.79 Å². The van der Waals surface area contributed by atoms with Gasteiger partial charge in [0.2, 0.25) is 0 Å². The van der Waals surface area contributed by atoms with E-state index in [-0.39, 0.29) is 10.6 Å². The van der Waals surface area contributed by atoms with Gasteiger partial charge >= 0.3 is 0 Å². The summed E-state index contributed by atoms with van der Waals surface area (Å²) in [7, 11) is 0. The quantitative estimate of drug-likeness (QED) is 0.793. The number of H-pyrrole nitrogens is 1. The zero-order chi connectivity index (χ0) is 11.4. The first kappa shape index (κ1) is 11.2. The average Bonchev–Trinajstić information content (AvgIpc) is 2.77. The Kier molecular flexibility index (Phi) is 3.62. The second-order valence-electron chi connectivity index (χ2n) is 3.86. The van der Waals surface area contributed by atoms with Crippen molar-refractivity contribution in [3.63, 3.8) is 0 Å². The maximum absolute atomic E-state index is 11.2. The van der Waals surface area contributed by atoms with E-state index in [1.807, 2.05) is 0 Å². The van der Waals surface area contributed by atoms with Crippen LogP contribution in [-0.2, 0) is 0 Å². The minimum atomic E-state index is -0.355. The maximum atomic E-state index is 11.2. The van der Waals surface area contributed by atoms with Crippen molar-refractivity contribution in [1.82, 2.24) is 10.2 Å². The first-order chi connectivity index (χ1) is 7.77. The third-order valence-electron chi connectivity index (χ3n) is 2.69. The molecule has 0 fully saturated rings. The lowest BCUT2D eigenvalue weighted by molar-refractivity contribution is 0.862. The second kappa shape index (κ2) is 5.16. The molecule has 86 valence electrons. The summed E-state index contributed by atoms with van der Waals surface area (Å²) >= 11 is 5.83. The van der Waals surface area contributed by atoms with Crippen molar-refractivity contribution in [2.75, 3.05) is 11.9 Å². The number of halogens is 1. The zero-order valence-corrected chi connectivity index (χ0v) is 9.68. The van der Waals surface area contributed by atoms with Crippen molar-refractivity contribution < 1.29 is 0 Å². The van der Waals surface area contributed by atoms with Crippen LogP contribution in [0, 0.1) is 0 Å². The van der Waals surface area contributed by atoms with Crippen LogP contribution in [0.1, 0.15) is 25.7 Å². The smallest absolute Gasteiger partial charge is 0.285 e. The Labute approximate surface area is 98.7 Å². The minimum Gasteiger partial charge on any atom is -0.382 e.